The van der Waals surface area contributed by atoms with Gasteiger partial charge in [-0.15, -0.1) is 13.2 Å². The monoisotopic (exact) mass is 293 g/mol. The summed E-state index contributed by atoms with van der Waals surface area (Å²) in [6, 6.07) is 2.87. The molecule has 20 heavy (non-hydrogen) atoms. The van der Waals surface area contributed by atoms with Gasteiger partial charge in [-0.05, 0) is 18.6 Å². The van der Waals surface area contributed by atoms with E-state index in [4.69, 9.17) is 10.5 Å². The number of alkyl halides is 3. The molecule has 1 aromatic rings. The Bertz CT molecular complexity index is 437. The maximum absolute atomic E-state index is 12.1. The molecule has 0 heterocycles. The second-order valence-corrected chi connectivity index (χ2v) is 4.33. The Hall–Kier alpha value is -1.47. The van der Waals surface area contributed by atoms with Crippen molar-refractivity contribution in [2.24, 2.45) is 5.73 Å². The van der Waals surface area contributed by atoms with Crippen LogP contribution in [0, 0.1) is 0 Å². The highest BCUT2D eigenvalue weighted by Gasteiger charge is 2.31. The Morgan fingerprint density at radius 2 is 2.00 bits per heavy atom. The second kappa shape index (κ2) is 6.81. The standard InChI is InChI=1S/C13H18F3NO3/c1-3-4-10(18)12(17)9-6-5-8(7-11(9)19-2)20-13(14,15)16/h5-7,10,12,18H,3-4,17H2,1-2H3/t10-,12+/m1/s1. The Labute approximate surface area is 115 Å². The quantitative estimate of drug-likeness (QED) is 0.846. The highest BCUT2D eigenvalue weighted by atomic mass is 19.4. The van der Waals surface area contributed by atoms with Crippen LogP contribution in [-0.4, -0.2) is 24.7 Å². The summed E-state index contributed by atoms with van der Waals surface area (Å²) >= 11 is 0. The van der Waals surface area contributed by atoms with Crippen molar-refractivity contribution in [3.63, 3.8) is 0 Å². The average molecular weight is 293 g/mol. The minimum absolute atomic E-state index is 0.148. The second-order valence-electron chi connectivity index (χ2n) is 4.33. The molecule has 0 saturated heterocycles. The molecule has 1 aromatic carbocycles. The van der Waals surface area contributed by atoms with E-state index in [1.807, 2.05) is 6.92 Å². The van der Waals surface area contributed by atoms with E-state index in [0.717, 1.165) is 18.6 Å². The van der Waals surface area contributed by atoms with Gasteiger partial charge in [-0.2, -0.15) is 0 Å². The third kappa shape index (κ3) is 4.57. The number of hydrogen-bond donors (Lipinski definition) is 2. The summed E-state index contributed by atoms with van der Waals surface area (Å²) in [6.07, 6.45) is -4.32. The molecule has 0 amide bonds. The van der Waals surface area contributed by atoms with Crippen LogP contribution in [0.1, 0.15) is 31.4 Å². The largest absolute Gasteiger partial charge is 0.573 e. The van der Waals surface area contributed by atoms with Crippen molar-refractivity contribution in [1.29, 1.82) is 0 Å². The Balaban J connectivity index is 2.98. The van der Waals surface area contributed by atoms with Crippen molar-refractivity contribution >= 4 is 0 Å². The maximum Gasteiger partial charge on any atom is 0.573 e. The summed E-state index contributed by atoms with van der Waals surface area (Å²) in [6.45, 7) is 1.90. The van der Waals surface area contributed by atoms with Crippen LogP contribution in [0.25, 0.3) is 0 Å². The van der Waals surface area contributed by atoms with Gasteiger partial charge >= 0.3 is 6.36 Å². The number of benzene rings is 1. The molecule has 114 valence electrons. The van der Waals surface area contributed by atoms with Gasteiger partial charge in [0.1, 0.15) is 11.5 Å². The van der Waals surface area contributed by atoms with Crippen molar-refractivity contribution < 1.29 is 27.8 Å². The lowest BCUT2D eigenvalue weighted by Crippen LogP contribution is -2.26. The van der Waals surface area contributed by atoms with Gasteiger partial charge in [-0.25, -0.2) is 0 Å². The van der Waals surface area contributed by atoms with Crippen LogP contribution in [0.2, 0.25) is 0 Å². The van der Waals surface area contributed by atoms with Gasteiger partial charge in [-0.1, -0.05) is 13.3 Å². The van der Waals surface area contributed by atoms with Crippen LogP contribution in [0.5, 0.6) is 11.5 Å². The van der Waals surface area contributed by atoms with Gasteiger partial charge in [0.15, 0.2) is 0 Å². The SMILES string of the molecule is CCC[C@@H](O)[C@@H](N)c1ccc(OC(F)(F)F)cc1OC. The first-order valence-electron chi connectivity index (χ1n) is 6.15. The van der Waals surface area contributed by atoms with E-state index in [-0.39, 0.29) is 5.75 Å². The minimum atomic E-state index is -4.77. The molecule has 7 heteroatoms. The number of ether oxygens (including phenoxy) is 2. The number of rotatable bonds is 6. The number of aliphatic hydroxyl groups is 1. The van der Waals surface area contributed by atoms with E-state index in [2.05, 4.69) is 4.74 Å². The van der Waals surface area contributed by atoms with E-state index in [1.165, 1.54) is 13.2 Å². The lowest BCUT2D eigenvalue weighted by molar-refractivity contribution is -0.274. The predicted octanol–water partition coefficient (Wildman–Crippen LogP) is 2.75. The number of halogens is 3. The zero-order chi connectivity index (χ0) is 15.3. The van der Waals surface area contributed by atoms with Crippen molar-refractivity contribution in [3.8, 4) is 11.5 Å². The normalized spacial score (nSPS) is 14.8. The summed E-state index contributed by atoms with van der Waals surface area (Å²) in [4.78, 5) is 0. The average Bonchev–Trinajstić information content (AvgIpc) is 2.36. The number of nitrogens with two attached hydrogens (primary N) is 1. The predicted molar refractivity (Wildman–Crippen MR) is 67.5 cm³/mol. The number of hydrogen-bond acceptors (Lipinski definition) is 4. The lowest BCUT2D eigenvalue weighted by atomic mass is 9.98. The highest BCUT2D eigenvalue weighted by Crippen LogP contribution is 2.33. The molecule has 0 aromatic heterocycles. The Morgan fingerprint density at radius 1 is 1.35 bits per heavy atom. The first-order chi connectivity index (χ1) is 9.28. The van der Waals surface area contributed by atoms with Gasteiger partial charge in [0.25, 0.3) is 0 Å². The van der Waals surface area contributed by atoms with Crippen molar-refractivity contribution in [2.45, 2.75) is 38.3 Å². The molecule has 0 radical (unpaired) electrons. The third-order valence-corrected chi connectivity index (χ3v) is 2.80. The van der Waals surface area contributed by atoms with Gasteiger partial charge in [0, 0.05) is 11.6 Å². The summed E-state index contributed by atoms with van der Waals surface area (Å²) in [7, 11) is 1.31. The third-order valence-electron chi connectivity index (χ3n) is 2.80. The first-order valence-corrected chi connectivity index (χ1v) is 6.15. The van der Waals surface area contributed by atoms with Crippen molar-refractivity contribution in [1.82, 2.24) is 0 Å². The number of aliphatic hydroxyl groups excluding tert-OH is 1. The van der Waals surface area contributed by atoms with E-state index in [0.29, 0.717) is 12.0 Å². The molecule has 0 aliphatic rings. The first kappa shape index (κ1) is 16.6. The van der Waals surface area contributed by atoms with Crippen LogP contribution in [0.15, 0.2) is 18.2 Å². The highest BCUT2D eigenvalue weighted by molar-refractivity contribution is 5.42. The molecule has 0 spiro atoms. The van der Waals surface area contributed by atoms with Crippen LogP contribution in [0.3, 0.4) is 0 Å². The number of methoxy groups -OCH3 is 1. The fraction of sp³-hybridized carbons (Fsp3) is 0.538. The fourth-order valence-corrected chi connectivity index (χ4v) is 1.85. The van der Waals surface area contributed by atoms with Gasteiger partial charge in [-0.3, -0.25) is 0 Å². The van der Waals surface area contributed by atoms with Crippen molar-refractivity contribution in [3.05, 3.63) is 23.8 Å². The molecule has 3 N–H and O–H groups in total. The molecule has 1 rings (SSSR count). The van der Waals surface area contributed by atoms with E-state index < -0.39 is 24.3 Å². The molecule has 4 nitrogen and oxygen atoms in total. The maximum atomic E-state index is 12.1. The molecule has 2 atom stereocenters. The van der Waals surface area contributed by atoms with Gasteiger partial charge in [0.05, 0.1) is 19.3 Å². The smallest absolute Gasteiger partial charge is 0.496 e. The molecule has 0 fully saturated rings. The van der Waals surface area contributed by atoms with Gasteiger partial charge < -0.3 is 20.3 Å². The van der Waals surface area contributed by atoms with E-state index in [9.17, 15) is 18.3 Å². The summed E-state index contributed by atoms with van der Waals surface area (Å²) < 4.78 is 45.2. The summed E-state index contributed by atoms with van der Waals surface area (Å²) in [5.74, 6) is -0.246. The van der Waals surface area contributed by atoms with Crippen LogP contribution < -0.4 is 15.2 Å². The van der Waals surface area contributed by atoms with E-state index >= 15 is 0 Å². The van der Waals surface area contributed by atoms with Crippen LogP contribution >= 0.6 is 0 Å². The molecule has 0 saturated carbocycles. The summed E-state index contributed by atoms with van der Waals surface area (Å²) in [5.41, 5.74) is 6.32. The molecule has 0 aliphatic heterocycles. The van der Waals surface area contributed by atoms with Crippen LogP contribution in [0.4, 0.5) is 13.2 Å². The molecule has 0 bridgehead atoms. The van der Waals surface area contributed by atoms with Crippen molar-refractivity contribution in [2.75, 3.05) is 7.11 Å². The minimum Gasteiger partial charge on any atom is -0.496 e. The molecule has 0 aliphatic carbocycles. The zero-order valence-electron chi connectivity index (χ0n) is 11.3. The summed E-state index contributed by atoms with van der Waals surface area (Å²) in [5, 5.41) is 9.86. The molecular weight excluding hydrogens is 275 g/mol. The lowest BCUT2D eigenvalue weighted by Gasteiger charge is -2.21. The van der Waals surface area contributed by atoms with Gasteiger partial charge in [0.2, 0.25) is 0 Å². The molecular formula is C13H18F3NO3. The zero-order valence-corrected chi connectivity index (χ0v) is 11.3. The Morgan fingerprint density at radius 3 is 2.50 bits per heavy atom. The topological polar surface area (TPSA) is 64.7 Å². The van der Waals surface area contributed by atoms with E-state index in [1.54, 1.807) is 0 Å². The molecule has 0 unspecified atom stereocenters. The fourth-order valence-electron chi connectivity index (χ4n) is 1.85. The Kier molecular flexibility index (Phi) is 5.64. The van der Waals surface area contributed by atoms with Crippen LogP contribution in [-0.2, 0) is 0 Å².